The van der Waals surface area contributed by atoms with Crippen molar-refractivity contribution in [3.63, 3.8) is 0 Å². The number of fused-ring (bicyclic) bond motifs is 1. The minimum Gasteiger partial charge on any atom is -0.381 e. The minimum atomic E-state index is -3.60. The molecule has 0 amide bonds. The van der Waals surface area contributed by atoms with Gasteiger partial charge < -0.3 is 10.6 Å². The Morgan fingerprint density at radius 3 is 2.71 bits per heavy atom. The number of anilines is 1. The summed E-state index contributed by atoms with van der Waals surface area (Å²) in [6.45, 7) is 5.66. The molecular weight excluding hydrogens is 310 g/mol. The highest BCUT2D eigenvalue weighted by molar-refractivity contribution is 7.89. The van der Waals surface area contributed by atoms with Crippen molar-refractivity contribution in [3.8, 4) is 0 Å². The van der Waals surface area contributed by atoms with E-state index in [9.17, 15) is 8.42 Å². The zero-order chi connectivity index (χ0) is 15.0. The molecule has 0 aliphatic carbocycles. The van der Waals surface area contributed by atoms with Crippen molar-refractivity contribution in [1.29, 1.82) is 0 Å². The Balaban J connectivity index is 1.88. The van der Waals surface area contributed by atoms with Crippen LogP contribution in [0.5, 0.6) is 0 Å². The van der Waals surface area contributed by atoms with Gasteiger partial charge in [-0.2, -0.15) is 4.31 Å². The maximum Gasteiger partial charge on any atom is 0.262 e. The Labute approximate surface area is 128 Å². The van der Waals surface area contributed by atoms with Crippen molar-refractivity contribution in [2.45, 2.75) is 18.4 Å². The third-order valence-corrected chi connectivity index (χ3v) is 6.39. The normalized spacial score (nSPS) is 18.5. The average Bonchev–Trinajstić information content (AvgIpc) is 2.99. The summed E-state index contributed by atoms with van der Waals surface area (Å²) < 4.78 is 28.7. The maximum absolute atomic E-state index is 12.8. The Kier molecular flexibility index (Phi) is 3.91. The Morgan fingerprint density at radius 1 is 1.33 bits per heavy atom. The van der Waals surface area contributed by atoms with Gasteiger partial charge in [0.1, 0.15) is 0 Å². The fourth-order valence-electron chi connectivity index (χ4n) is 2.67. The van der Waals surface area contributed by atoms with Gasteiger partial charge in [-0.05, 0) is 13.0 Å². The van der Waals surface area contributed by atoms with E-state index in [1.165, 1.54) is 15.6 Å². The van der Waals surface area contributed by atoms with E-state index in [4.69, 9.17) is 5.73 Å². The second-order valence-electron chi connectivity index (χ2n) is 5.10. The summed E-state index contributed by atoms with van der Waals surface area (Å²) in [5, 5.41) is 1.91. The molecule has 21 heavy (non-hydrogen) atoms. The molecule has 0 atom stereocenters. The molecule has 0 unspecified atom stereocenters. The van der Waals surface area contributed by atoms with Gasteiger partial charge in [0, 0.05) is 37.8 Å². The molecule has 9 heteroatoms. The number of hydrogen-bond donors (Lipinski definition) is 1. The summed E-state index contributed by atoms with van der Waals surface area (Å²) in [6, 6.07) is 0. The number of aromatic nitrogens is 2. The predicted molar refractivity (Wildman–Crippen MR) is 83.0 cm³/mol. The van der Waals surface area contributed by atoms with Gasteiger partial charge in [-0.1, -0.05) is 6.92 Å². The van der Waals surface area contributed by atoms with Crippen LogP contribution in [0.1, 0.15) is 13.3 Å². The second kappa shape index (κ2) is 5.56. The SMILES string of the molecule is CCCN1CCN(S(=O)(=O)c2c(N)nc3sccn23)CC1. The Hall–Kier alpha value is -1.16. The van der Waals surface area contributed by atoms with Gasteiger partial charge >= 0.3 is 0 Å². The molecule has 1 aliphatic heterocycles. The zero-order valence-corrected chi connectivity index (χ0v) is 13.5. The number of piperazine rings is 1. The van der Waals surface area contributed by atoms with Crippen molar-refractivity contribution in [2.24, 2.45) is 0 Å². The third kappa shape index (κ3) is 2.54. The quantitative estimate of drug-likeness (QED) is 0.892. The molecular formula is C12H19N5O2S2. The van der Waals surface area contributed by atoms with Crippen molar-refractivity contribution in [3.05, 3.63) is 11.6 Å². The number of sulfonamides is 1. The average molecular weight is 329 g/mol. The molecule has 7 nitrogen and oxygen atoms in total. The minimum absolute atomic E-state index is 0.0813. The van der Waals surface area contributed by atoms with Crippen LogP contribution < -0.4 is 5.73 Å². The van der Waals surface area contributed by atoms with Crippen LogP contribution in [0.25, 0.3) is 4.96 Å². The van der Waals surface area contributed by atoms with E-state index in [-0.39, 0.29) is 10.8 Å². The van der Waals surface area contributed by atoms with Gasteiger partial charge in [0.15, 0.2) is 15.8 Å². The standard InChI is InChI=1S/C12H19N5O2S2/c1-2-3-15-4-6-16(7-5-15)21(18,19)11-10(13)14-12-17(11)8-9-20-12/h8-9H,2-7,13H2,1H3. The highest BCUT2D eigenvalue weighted by Gasteiger charge is 2.33. The van der Waals surface area contributed by atoms with E-state index in [1.807, 2.05) is 0 Å². The fraction of sp³-hybridized carbons (Fsp3) is 0.583. The van der Waals surface area contributed by atoms with Gasteiger partial charge in [0.2, 0.25) is 0 Å². The van der Waals surface area contributed by atoms with Gasteiger partial charge in [-0.25, -0.2) is 13.4 Å². The topological polar surface area (TPSA) is 83.9 Å². The third-order valence-electron chi connectivity index (χ3n) is 3.70. The molecule has 0 radical (unpaired) electrons. The largest absolute Gasteiger partial charge is 0.381 e. The predicted octanol–water partition coefficient (Wildman–Crippen LogP) is 0.694. The summed E-state index contributed by atoms with van der Waals surface area (Å²) in [6.07, 6.45) is 2.78. The van der Waals surface area contributed by atoms with E-state index in [2.05, 4.69) is 16.8 Å². The van der Waals surface area contributed by atoms with Gasteiger partial charge in [-0.3, -0.25) is 4.40 Å². The van der Waals surface area contributed by atoms with E-state index in [0.717, 1.165) is 26.1 Å². The number of imidazole rings is 1. The Bertz CT molecular complexity index is 728. The van der Waals surface area contributed by atoms with Crippen LogP contribution >= 0.6 is 11.3 Å². The van der Waals surface area contributed by atoms with Crippen molar-refractivity contribution in [1.82, 2.24) is 18.6 Å². The maximum atomic E-state index is 12.8. The number of nitrogen functional groups attached to an aromatic ring is 1. The lowest BCUT2D eigenvalue weighted by Crippen LogP contribution is -2.48. The first-order valence-corrected chi connectivity index (χ1v) is 9.29. The molecule has 2 aromatic rings. The number of nitrogens with two attached hydrogens (primary N) is 1. The lowest BCUT2D eigenvalue weighted by molar-refractivity contribution is 0.188. The first-order chi connectivity index (χ1) is 10.0. The summed E-state index contributed by atoms with van der Waals surface area (Å²) >= 11 is 1.37. The Morgan fingerprint density at radius 2 is 2.05 bits per heavy atom. The molecule has 1 aliphatic rings. The second-order valence-corrected chi connectivity index (χ2v) is 7.83. The number of rotatable bonds is 4. The van der Waals surface area contributed by atoms with E-state index in [1.54, 1.807) is 16.0 Å². The summed E-state index contributed by atoms with van der Waals surface area (Å²) in [7, 11) is -3.60. The van der Waals surface area contributed by atoms with Gasteiger partial charge in [0.05, 0.1) is 0 Å². The van der Waals surface area contributed by atoms with Crippen LogP contribution in [0, 0.1) is 0 Å². The van der Waals surface area contributed by atoms with E-state index in [0.29, 0.717) is 18.1 Å². The molecule has 0 aromatic carbocycles. The highest BCUT2D eigenvalue weighted by atomic mass is 32.2. The molecule has 2 N–H and O–H groups in total. The van der Waals surface area contributed by atoms with Gasteiger partial charge in [-0.15, -0.1) is 11.3 Å². The fourth-order valence-corrected chi connectivity index (χ4v) is 5.04. The van der Waals surface area contributed by atoms with E-state index >= 15 is 0 Å². The van der Waals surface area contributed by atoms with Crippen LogP contribution in [0.2, 0.25) is 0 Å². The molecule has 2 aromatic heterocycles. The molecule has 0 spiro atoms. The smallest absolute Gasteiger partial charge is 0.262 e. The summed E-state index contributed by atoms with van der Waals surface area (Å²) in [4.78, 5) is 7.01. The van der Waals surface area contributed by atoms with Crippen LogP contribution in [0.4, 0.5) is 5.82 Å². The molecule has 3 heterocycles. The van der Waals surface area contributed by atoms with Gasteiger partial charge in [0.25, 0.3) is 10.0 Å². The van der Waals surface area contributed by atoms with Crippen LogP contribution in [0.15, 0.2) is 16.6 Å². The monoisotopic (exact) mass is 329 g/mol. The lowest BCUT2D eigenvalue weighted by Gasteiger charge is -2.33. The van der Waals surface area contributed by atoms with E-state index < -0.39 is 10.0 Å². The molecule has 3 rings (SSSR count). The van der Waals surface area contributed by atoms with Crippen molar-refractivity contribution in [2.75, 3.05) is 38.5 Å². The number of hydrogen-bond acceptors (Lipinski definition) is 6. The summed E-state index contributed by atoms with van der Waals surface area (Å²) in [5.74, 6) is 0.0813. The molecule has 116 valence electrons. The van der Waals surface area contributed by atoms with Crippen LogP contribution in [0.3, 0.4) is 0 Å². The zero-order valence-electron chi connectivity index (χ0n) is 11.9. The molecule has 1 saturated heterocycles. The van der Waals surface area contributed by atoms with Crippen LogP contribution in [-0.4, -0.2) is 59.7 Å². The first kappa shape index (κ1) is 14.8. The number of thiazole rings is 1. The first-order valence-electron chi connectivity index (χ1n) is 6.97. The number of nitrogens with zero attached hydrogens (tertiary/aromatic N) is 4. The molecule has 1 fully saturated rings. The van der Waals surface area contributed by atoms with Crippen molar-refractivity contribution >= 4 is 32.1 Å². The molecule has 0 saturated carbocycles. The lowest BCUT2D eigenvalue weighted by atomic mass is 10.3. The highest BCUT2D eigenvalue weighted by Crippen LogP contribution is 2.26. The van der Waals surface area contributed by atoms with Crippen LogP contribution in [-0.2, 0) is 10.0 Å². The van der Waals surface area contributed by atoms with Crippen molar-refractivity contribution < 1.29 is 8.42 Å². The molecule has 0 bridgehead atoms. The summed E-state index contributed by atoms with van der Waals surface area (Å²) in [5.41, 5.74) is 5.82.